The molecule has 1 saturated carbocycles. The minimum atomic E-state index is -3.03. The van der Waals surface area contributed by atoms with Crippen LogP contribution in [0.1, 0.15) is 30.1 Å². The van der Waals surface area contributed by atoms with E-state index < -0.39 is 23.9 Å². The van der Waals surface area contributed by atoms with Crippen LogP contribution in [0.2, 0.25) is 0 Å². The van der Waals surface area contributed by atoms with Crippen molar-refractivity contribution in [1.82, 2.24) is 24.5 Å². The first kappa shape index (κ1) is 23.4. The second kappa shape index (κ2) is 8.71. The van der Waals surface area contributed by atoms with Crippen molar-refractivity contribution in [3.63, 3.8) is 0 Å². The Morgan fingerprint density at radius 3 is 2.58 bits per heavy atom. The van der Waals surface area contributed by atoms with Gasteiger partial charge in [-0.25, -0.2) is 14.5 Å². The molecule has 0 bridgehead atoms. The van der Waals surface area contributed by atoms with Crippen LogP contribution in [0.5, 0.6) is 6.01 Å². The van der Waals surface area contributed by atoms with Gasteiger partial charge in [-0.05, 0) is 24.8 Å². The van der Waals surface area contributed by atoms with Gasteiger partial charge >= 0.3 is 12.6 Å². The van der Waals surface area contributed by atoms with Crippen LogP contribution in [-0.2, 0) is 4.79 Å². The zero-order valence-corrected chi connectivity index (χ0v) is 19.2. The summed E-state index contributed by atoms with van der Waals surface area (Å²) in [4.78, 5) is 34.4. The molecule has 11 nitrogen and oxygen atoms in total. The maximum absolute atomic E-state index is 12.9. The molecule has 0 aromatic carbocycles. The predicted octanol–water partition coefficient (Wildman–Crippen LogP) is 2.05. The lowest BCUT2D eigenvalue weighted by Crippen LogP contribution is -2.36. The molecule has 3 aromatic rings. The van der Waals surface area contributed by atoms with Crippen LogP contribution in [0.4, 0.5) is 14.5 Å². The van der Waals surface area contributed by atoms with E-state index in [1.54, 1.807) is 21.7 Å². The van der Waals surface area contributed by atoms with Crippen LogP contribution >= 0.6 is 0 Å². The van der Waals surface area contributed by atoms with Crippen molar-refractivity contribution in [3.8, 4) is 23.2 Å². The van der Waals surface area contributed by atoms with Crippen molar-refractivity contribution < 1.29 is 23.1 Å². The van der Waals surface area contributed by atoms with Crippen molar-refractivity contribution in [2.45, 2.75) is 32.4 Å². The summed E-state index contributed by atoms with van der Waals surface area (Å²) in [5.74, 6) is -0.782. The molecule has 4 heterocycles. The molecule has 0 spiro atoms. The zero-order chi connectivity index (χ0) is 25.6. The highest BCUT2D eigenvalue weighted by Crippen LogP contribution is 2.47. The van der Waals surface area contributed by atoms with Gasteiger partial charge < -0.3 is 20.7 Å². The minimum Gasteiger partial charge on any atom is -0.401 e. The number of ether oxygens (including phenoxy) is 1. The average Bonchev–Trinajstić information content (AvgIpc) is 3.39. The Morgan fingerprint density at radius 1 is 1.25 bits per heavy atom. The molecule has 0 radical (unpaired) electrons. The van der Waals surface area contributed by atoms with E-state index in [4.69, 9.17) is 5.73 Å². The summed E-state index contributed by atoms with van der Waals surface area (Å²) in [6, 6.07) is 3.24. The Bertz CT molecular complexity index is 1380. The number of nitrogens with one attached hydrogen (secondary N) is 1. The van der Waals surface area contributed by atoms with Crippen molar-refractivity contribution in [1.29, 1.82) is 5.26 Å². The van der Waals surface area contributed by atoms with Gasteiger partial charge in [-0.1, -0.05) is 6.92 Å². The van der Waals surface area contributed by atoms with Gasteiger partial charge in [-0.3, -0.25) is 9.59 Å². The van der Waals surface area contributed by atoms with Gasteiger partial charge in [0, 0.05) is 48.8 Å². The number of primary amides is 1. The molecule has 3 aromatic heterocycles. The Labute approximate surface area is 203 Å². The third-order valence-corrected chi connectivity index (χ3v) is 6.66. The number of halogens is 2. The van der Waals surface area contributed by atoms with Crippen LogP contribution in [0.25, 0.3) is 16.6 Å². The number of nitrogens with two attached hydrogens (primary N) is 1. The Hall–Kier alpha value is -4.34. The largest absolute Gasteiger partial charge is 0.401 e. The number of hydrogen-bond acceptors (Lipinski definition) is 8. The smallest absolute Gasteiger partial charge is 0.389 e. The molecule has 1 aliphatic carbocycles. The van der Waals surface area contributed by atoms with Crippen LogP contribution in [0.3, 0.4) is 0 Å². The lowest BCUT2D eigenvalue weighted by Gasteiger charge is -2.21. The van der Waals surface area contributed by atoms with Gasteiger partial charge in [0.1, 0.15) is 5.41 Å². The maximum atomic E-state index is 12.9. The summed E-state index contributed by atoms with van der Waals surface area (Å²) in [5, 5.41) is 17.0. The number of nitrogens with zero attached hydrogens (tertiary/aromatic N) is 6. The number of alkyl halides is 2. The SMILES string of the molecule is C[C@@H]1CN(C(=O)C2(C#N)CC2)C[C@H]1Nc1c(C(N)=O)cnn2cc(-c3cnc(OC(F)F)nc3)cc12. The number of nitriles is 1. The van der Waals surface area contributed by atoms with E-state index in [0.717, 1.165) is 0 Å². The van der Waals surface area contributed by atoms with Crippen molar-refractivity contribution in [2.24, 2.45) is 17.1 Å². The van der Waals surface area contributed by atoms with E-state index in [0.29, 0.717) is 48.3 Å². The third kappa shape index (κ3) is 4.15. The Balaban J connectivity index is 1.44. The standard InChI is InChI=1S/C23H22F2N8O3/c1-12-8-32(20(35)23(11-26)2-3-23)10-16(12)31-18-15(19(27)34)7-30-33-9-13(4-17(18)33)14-5-28-22(29-6-14)36-21(24)25/h4-7,9,12,16,21,31H,2-3,8,10H2,1H3,(H2,27,34)/t12-,16-/m1/s1. The fourth-order valence-corrected chi connectivity index (χ4v) is 4.47. The molecule has 2 fully saturated rings. The van der Waals surface area contributed by atoms with E-state index in [2.05, 4.69) is 31.2 Å². The number of amides is 2. The number of anilines is 1. The second-order valence-corrected chi connectivity index (χ2v) is 9.12. The molecular weight excluding hydrogens is 474 g/mol. The quantitative estimate of drug-likeness (QED) is 0.504. The first-order chi connectivity index (χ1) is 17.2. The van der Waals surface area contributed by atoms with Crippen LogP contribution in [0, 0.1) is 22.7 Å². The molecule has 13 heteroatoms. The number of aromatic nitrogens is 4. The molecule has 36 heavy (non-hydrogen) atoms. The normalized spacial score (nSPS) is 20.4. The lowest BCUT2D eigenvalue weighted by atomic mass is 10.1. The van der Waals surface area contributed by atoms with Gasteiger partial charge in [-0.15, -0.1) is 0 Å². The number of carbonyl (C=O) groups excluding carboxylic acids is 2. The summed E-state index contributed by atoms with van der Waals surface area (Å²) in [6.07, 6.45) is 6.87. The van der Waals surface area contributed by atoms with Gasteiger partial charge in [0.05, 0.1) is 29.0 Å². The molecule has 1 saturated heterocycles. The van der Waals surface area contributed by atoms with E-state index >= 15 is 0 Å². The van der Waals surface area contributed by atoms with Gasteiger partial charge in [0.25, 0.3) is 5.91 Å². The first-order valence-electron chi connectivity index (χ1n) is 11.3. The summed E-state index contributed by atoms with van der Waals surface area (Å²) >= 11 is 0. The van der Waals surface area contributed by atoms with E-state index in [9.17, 15) is 23.6 Å². The molecule has 5 rings (SSSR count). The van der Waals surface area contributed by atoms with Gasteiger partial charge in [-0.2, -0.15) is 19.1 Å². The third-order valence-electron chi connectivity index (χ3n) is 6.66. The number of fused-ring (bicyclic) bond motifs is 1. The molecule has 2 atom stereocenters. The summed E-state index contributed by atoms with van der Waals surface area (Å²) in [5.41, 5.74) is 7.04. The molecule has 186 valence electrons. The maximum Gasteiger partial charge on any atom is 0.389 e. The Kier molecular flexibility index (Phi) is 5.66. The second-order valence-electron chi connectivity index (χ2n) is 9.12. The highest BCUT2D eigenvalue weighted by atomic mass is 19.3. The fourth-order valence-electron chi connectivity index (χ4n) is 4.47. The molecule has 0 unspecified atom stereocenters. The molecular formula is C23H22F2N8O3. The molecule has 2 aliphatic rings. The summed E-state index contributed by atoms with van der Waals surface area (Å²) < 4.78 is 30.5. The number of rotatable bonds is 7. The highest BCUT2D eigenvalue weighted by molar-refractivity contribution is 6.02. The van der Waals surface area contributed by atoms with Crippen molar-refractivity contribution in [2.75, 3.05) is 18.4 Å². The minimum absolute atomic E-state index is 0.0441. The van der Waals surface area contributed by atoms with E-state index in [1.807, 2.05) is 6.92 Å². The number of likely N-dealkylation sites (tertiary alicyclic amines) is 1. The van der Waals surface area contributed by atoms with E-state index in [1.165, 1.54) is 18.6 Å². The molecule has 3 N–H and O–H groups in total. The molecule has 1 aliphatic heterocycles. The van der Waals surface area contributed by atoms with Crippen LogP contribution in [0.15, 0.2) is 30.9 Å². The van der Waals surface area contributed by atoms with Crippen molar-refractivity contribution in [3.05, 3.63) is 36.4 Å². The first-order valence-corrected chi connectivity index (χ1v) is 11.3. The lowest BCUT2D eigenvalue weighted by molar-refractivity contribution is -0.134. The topological polar surface area (TPSA) is 152 Å². The highest BCUT2D eigenvalue weighted by Gasteiger charge is 2.54. The monoisotopic (exact) mass is 496 g/mol. The summed E-state index contributed by atoms with van der Waals surface area (Å²) in [6.45, 7) is -0.173. The zero-order valence-electron chi connectivity index (χ0n) is 19.2. The van der Waals surface area contributed by atoms with E-state index in [-0.39, 0.29) is 23.4 Å². The van der Waals surface area contributed by atoms with Crippen LogP contribution in [-0.4, -0.2) is 62.0 Å². The average molecular weight is 496 g/mol. The van der Waals surface area contributed by atoms with Crippen LogP contribution < -0.4 is 15.8 Å². The van der Waals surface area contributed by atoms with Gasteiger partial charge in [0.15, 0.2) is 0 Å². The van der Waals surface area contributed by atoms with Crippen molar-refractivity contribution >= 4 is 23.0 Å². The number of hydrogen-bond donors (Lipinski definition) is 2. The predicted molar refractivity (Wildman–Crippen MR) is 122 cm³/mol. The molecule has 2 amide bonds. The fraction of sp³-hybridized carbons (Fsp3) is 0.391. The Morgan fingerprint density at radius 2 is 1.97 bits per heavy atom. The number of carbonyl (C=O) groups is 2. The van der Waals surface area contributed by atoms with Gasteiger partial charge in [0.2, 0.25) is 5.91 Å². The summed E-state index contributed by atoms with van der Waals surface area (Å²) in [7, 11) is 0.